The first-order chi connectivity index (χ1) is 13.5. The maximum absolute atomic E-state index is 12.4. The van der Waals surface area contributed by atoms with E-state index in [0.717, 1.165) is 12.8 Å². The number of carbonyl (C=O) groups excluding carboxylic acids is 2. The fourth-order valence-electron chi connectivity index (χ4n) is 2.41. The third-order valence-corrected chi connectivity index (χ3v) is 3.88. The van der Waals surface area contributed by atoms with E-state index in [0.29, 0.717) is 35.7 Å². The number of ether oxygens (including phenoxy) is 1. The maximum atomic E-state index is 12.4. The van der Waals surface area contributed by atoms with Crippen LogP contribution in [0.4, 0.5) is 11.4 Å². The molecule has 0 saturated carbocycles. The van der Waals surface area contributed by atoms with E-state index in [4.69, 9.17) is 17.0 Å². The molecule has 0 bridgehead atoms. The lowest BCUT2D eigenvalue weighted by Gasteiger charge is -2.12. The number of carbonyl (C=O) groups is 2. The van der Waals surface area contributed by atoms with Crippen LogP contribution in [-0.2, 0) is 4.79 Å². The summed E-state index contributed by atoms with van der Waals surface area (Å²) in [6.07, 6.45) is 2.14. The highest BCUT2D eigenvalue weighted by Crippen LogP contribution is 2.16. The lowest BCUT2D eigenvalue weighted by Crippen LogP contribution is -2.34. The summed E-state index contributed by atoms with van der Waals surface area (Å²) in [7, 11) is 0. The van der Waals surface area contributed by atoms with Gasteiger partial charge in [0, 0.05) is 23.4 Å². The predicted molar refractivity (Wildman–Crippen MR) is 116 cm³/mol. The zero-order chi connectivity index (χ0) is 20.4. The van der Waals surface area contributed by atoms with E-state index in [1.807, 2.05) is 13.8 Å². The Morgan fingerprint density at radius 3 is 2.39 bits per heavy atom. The Balaban J connectivity index is 1.94. The maximum Gasteiger partial charge on any atom is 0.257 e. The topological polar surface area (TPSA) is 79.5 Å². The SMILES string of the molecule is CCCOc1cccc(C(=O)NC(=S)Nc2cccc(NC(=O)CCC)c2)c1. The van der Waals surface area contributed by atoms with Crippen LogP contribution in [-0.4, -0.2) is 23.5 Å². The van der Waals surface area contributed by atoms with Crippen LogP contribution in [0.5, 0.6) is 5.75 Å². The Morgan fingerprint density at radius 1 is 0.964 bits per heavy atom. The molecule has 0 fully saturated rings. The minimum absolute atomic E-state index is 0.0410. The zero-order valence-corrected chi connectivity index (χ0v) is 16.9. The van der Waals surface area contributed by atoms with Crippen molar-refractivity contribution in [1.82, 2.24) is 5.32 Å². The van der Waals surface area contributed by atoms with E-state index in [-0.39, 0.29) is 16.9 Å². The second-order valence-electron chi connectivity index (χ2n) is 6.16. The number of thiocarbonyl (C=S) groups is 1. The number of hydrogen-bond donors (Lipinski definition) is 3. The quantitative estimate of drug-likeness (QED) is 0.576. The third kappa shape index (κ3) is 7.00. The Hall–Kier alpha value is -2.93. The van der Waals surface area contributed by atoms with Gasteiger partial charge < -0.3 is 15.4 Å². The highest BCUT2D eigenvalue weighted by Gasteiger charge is 2.10. The Morgan fingerprint density at radius 2 is 1.68 bits per heavy atom. The van der Waals surface area contributed by atoms with Crippen molar-refractivity contribution in [3.63, 3.8) is 0 Å². The van der Waals surface area contributed by atoms with Gasteiger partial charge in [0.25, 0.3) is 5.91 Å². The standard InChI is InChI=1S/C21H25N3O3S/c1-3-7-19(25)22-16-9-6-10-17(14-16)23-21(28)24-20(26)15-8-5-11-18(13-15)27-12-4-2/h5-6,8-11,13-14H,3-4,7,12H2,1-2H3,(H,22,25)(H2,23,24,26,28). The molecule has 2 amide bonds. The highest BCUT2D eigenvalue weighted by molar-refractivity contribution is 7.80. The molecule has 2 rings (SSSR count). The van der Waals surface area contributed by atoms with Gasteiger partial charge in [-0.15, -0.1) is 0 Å². The molecule has 0 heterocycles. The van der Waals surface area contributed by atoms with Crippen molar-refractivity contribution in [2.24, 2.45) is 0 Å². The average Bonchev–Trinajstić information content (AvgIpc) is 2.67. The molecule has 0 aliphatic heterocycles. The van der Waals surface area contributed by atoms with Gasteiger partial charge in [0.15, 0.2) is 5.11 Å². The van der Waals surface area contributed by atoms with Crippen LogP contribution in [0.25, 0.3) is 0 Å². The number of nitrogens with one attached hydrogen (secondary N) is 3. The lowest BCUT2D eigenvalue weighted by molar-refractivity contribution is -0.116. The minimum Gasteiger partial charge on any atom is -0.494 e. The van der Waals surface area contributed by atoms with Gasteiger partial charge in [0.1, 0.15) is 5.75 Å². The van der Waals surface area contributed by atoms with Crippen LogP contribution in [0.15, 0.2) is 48.5 Å². The molecule has 0 aliphatic rings. The lowest BCUT2D eigenvalue weighted by atomic mass is 10.2. The fraction of sp³-hybridized carbons (Fsp3) is 0.286. The van der Waals surface area contributed by atoms with Crippen molar-refractivity contribution in [3.8, 4) is 5.75 Å². The molecule has 148 valence electrons. The van der Waals surface area contributed by atoms with E-state index >= 15 is 0 Å². The van der Waals surface area contributed by atoms with Crippen LogP contribution in [0.1, 0.15) is 43.5 Å². The molecular formula is C21H25N3O3S. The Labute approximate surface area is 170 Å². The summed E-state index contributed by atoms with van der Waals surface area (Å²) in [4.78, 5) is 24.1. The molecule has 3 N–H and O–H groups in total. The van der Waals surface area contributed by atoms with Crippen molar-refractivity contribution >= 4 is 40.5 Å². The van der Waals surface area contributed by atoms with Crippen molar-refractivity contribution in [3.05, 3.63) is 54.1 Å². The van der Waals surface area contributed by atoms with Crippen LogP contribution in [0.2, 0.25) is 0 Å². The van der Waals surface area contributed by atoms with E-state index < -0.39 is 0 Å². The van der Waals surface area contributed by atoms with E-state index in [1.54, 1.807) is 48.5 Å². The van der Waals surface area contributed by atoms with Crippen LogP contribution < -0.4 is 20.7 Å². The van der Waals surface area contributed by atoms with Crippen molar-refractivity contribution in [2.75, 3.05) is 17.2 Å². The molecule has 2 aromatic carbocycles. The molecule has 6 nitrogen and oxygen atoms in total. The smallest absolute Gasteiger partial charge is 0.257 e. The zero-order valence-electron chi connectivity index (χ0n) is 16.1. The molecule has 0 atom stereocenters. The summed E-state index contributed by atoms with van der Waals surface area (Å²) >= 11 is 5.23. The van der Waals surface area contributed by atoms with Crippen molar-refractivity contribution in [1.29, 1.82) is 0 Å². The molecule has 0 aromatic heterocycles. The molecular weight excluding hydrogens is 374 g/mol. The molecule has 0 spiro atoms. The van der Waals surface area contributed by atoms with Gasteiger partial charge >= 0.3 is 0 Å². The number of rotatable bonds is 8. The van der Waals surface area contributed by atoms with Gasteiger partial charge in [0.2, 0.25) is 5.91 Å². The molecule has 0 aliphatic carbocycles. The van der Waals surface area contributed by atoms with Gasteiger partial charge in [-0.1, -0.05) is 26.0 Å². The number of amides is 2. The van der Waals surface area contributed by atoms with Crippen LogP contribution >= 0.6 is 12.2 Å². The summed E-state index contributed by atoms with van der Waals surface area (Å²) in [6.45, 7) is 4.56. The molecule has 0 unspecified atom stereocenters. The summed E-state index contributed by atoms with van der Waals surface area (Å²) in [5, 5.41) is 8.59. The van der Waals surface area contributed by atoms with Crippen molar-refractivity contribution in [2.45, 2.75) is 33.1 Å². The van der Waals surface area contributed by atoms with E-state index in [1.165, 1.54) is 0 Å². The molecule has 0 saturated heterocycles. The predicted octanol–water partition coefficient (Wildman–Crippen LogP) is 4.34. The van der Waals surface area contributed by atoms with Crippen molar-refractivity contribution < 1.29 is 14.3 Å². The molecule has 28 heavy (non-hydrogen) atoms. The van der Waals surface area contributed by atoms with Gasteiger partial charge in [-0.2, -0.15) is 0 Å². The molecule has 7 heteroatoms. The second kappa shape index (κ2) is 11.0. The van der Waals surface area contributed by atoms with E-state index in [9.17, 15) is 9.59 Å². The largest absolute Gasteiger partial charge is 0.494 e. The van der Waals surface area contributed by atoms with Gasteiger partial charge in [0.05, 0.1) is 6.61 Å². The van der Waals surface area contributed by atoms with Crippen LogP contribution in [0, 0.1) is 0 Å². The number of benzene rings is 2. The van der Waals surface area contributed by atoms with Gasteiger partial charge in [-0.05, 0) is 61.5 Å². The normalized spacial score (nSPS) is 10.1. The van der Waals surface area contributed by atoms with Crippen LogP contribution in [0.3, 0.4) is 0 Å². The van der Waals surface area contributed by atoms with Gasteiger partial charge in [-0.3, -0.25) is 14.9 Å². The summed E-state index contributed by atoms with van der Waals surface area (Å²) in [5.74, 6) is 0.274. The van der Waals surface area contributed by atoms with E-state index in [2.05, 4.69) is 16.0 Å². The monoisotopic (exact) mass is 399 g/mol. The minimum atomic E-state index is -0.327. The first-order valence-corrected chi connectivity index (χ1v) is 9.67. The fourth-order valence-corrected chi connectivity index (χ4v) is 2.62. The summed E-state index contributed by atoms with van der Waals surface area (Å²) in [6, 6.07) is 14.1. The Bertz CT molecular complexity index is 839. The Kier molecular flexibility index (Phi) is 8.42. The second-order valence-corrected chi connectivity index (χ2v) is 6.57. The third-order valence-electron chi connectivity index (χ3n) is 3.68. The summed E-state index contributed by atoms with van der Waals surface area (Å²) in [5.41, 5.74) is 1.79. The average molecular weight is 400 g/mol. The molecule has 2 aromatic rings. The first-order valence-electron chi connectivity index (χ1n) is 9.27. The highest BCUT2D eigenvalue weighted by atomic mass is 32.1. The number of anilines is 2. The number of hydrogen-bond acceptors (Lipinski definition) is 4. The summed E-state index contributed by atoms with van der Waals surface area (Å²) < 4.78 is 5.55. The molecule has 0 radical (unpaired) electrons. The first kappa shape index (κ1) is 21.4. The van der Waals surface area contributed by atoms with Gasteiger partial charge in [-0.25, -0.2) is 0 Å².